The average molecular weight is 425 g/mol. The summed E-state index contributed by atoms with van der Waals surface area (Å²) in [4.78, 5) is 27.5. The van der Waals surface area contributed by atoms with Crippen molar-refractivity contribution in [3.63, 3.8) is 0 Å². The lowest BCUT2D eigenvalue weighted by Gasteiger charge is -2.33. The highest BCUT2D eigenvalue weighted by atomic mass is 16.5. The molecule has 1 aliphatic heterocycles. The SMILES string of the molecule is COc1ccc(-c2cc3c(=O)n(CC(=O)NCCN4CCCCC4C)ncn3n2)cc1. The maximum absolute atomic E-state index is 12.8. The Morgan fingerprint density at radius 1 is 1.26 bits per heavy atom. The van der Waals surface area contributed by atoms with Gasteiger partial charge in [0.05, 0.1) is 12.8 Å². The van der Waals surface area contributed by atoms with Crippen molar-refractivity contribution in [1.29, 1.82) is 0 Å². The number of benzene rings is 1. The lowest BCUT2D eigenvalue weighted by molar-refractivity contribution is -0.122. The van der Waals surface area contributed by atoms with Crippen LogP contribution in [0.15, 0.2) is 41.5 Å². The monoisotopic (exact) mass is 424 g/mol. The highest BCUT2D eigenvalue weighted by Crippen LogP contribution is 2.21. The van der Waals surface area contributed by atoms with Gasteiger partial charge in [-0.25, -0.2) is 9.20 Å². The summed E-state index contributed by atoms with van der Waals surface area (Å²) in [5, 5.41) is 11.4. The van der Waals surface area contributed by atoms with Crippen LogP contribution in [0.2, 0.25) is 0 Å². The Bertz CT molecular complexity index is 1100. The fourth-order valence-electron chi connectivity index (χ4n) is 3.97. The summed E-state index contributed by atoms with van der Waals surface area (Å²) in [7, 11) is 1.61. The topological polar surface area (TPSA) is 93.8 Å². The third-order valence-electron chi connectivity index (χ3n) is 5.83. The second-order valence-electron chi connectivity index (χ2n) is 7.91. The molecule has 9 nitrogen and oxygen atoms in total. The molecule has 9 heteroatoms. The zero-order valence-electron chi connectivity index (χ0n) is 18.0. The molecule has 0 aliphatic carbocycles. The zero-order valence-corrected chi connectivity index (χ0v) is 18.0. The predicted octanol–water partition coefficient (Wildman–Crippen LogP) is 1.56. The normalized spacial score (nSPS) is 17.0. The van der Waals surface area contributed by atoms with E-state index in [0.717, 1.165) is 24.4 Å². The highest BCUT2D eigenvalue weighted by molar-refractivity contribution is 5.75. The first kappa shape index (κ1) is 21.0. The molecule has 1 unspecified atom stereocenters. The highest BCUT2D eigenvalue weighted by Gasteiger charge is 2.18. The molecule has 0 bridgehead atoms. The van der Waals surface area contributed by atoms with Crippen molar-refractivity contribution < 1.29 is 9.53 Å². The molecule has 1 aliphatic rings. The summed E-state index contributed by atoms with van der Waals surface area (Å²) in [6, 6.07) is 9.69. The van der Waals surface area contributed by atoms with Crippen LogP contribution < -0.4 is 15.6 Å². The molecule has 3 aromatic rings. The van der Waals surface area contributed by atoms with E-state index in [9.17, 15) is 9.59 Å². The van der Waals surface area contributed by atoms with Gasteiger partial charge in [-0.2, -0.15) is 10.2 Å². The minimum Gasteiger partial charge on any atom is -0.497 e. The molecular formula is C22H28N6O3. The standard InChI is InChI=1S/C22H28N6O3/c1-16-5-3-4-11-26(16)12-10-23-21(29)14-27-22(30)20-13-19(25-28(20)15-24-27)17-6-8-18(31-2)9-7-17/h6-9,13,15-16H,3-5,10-12,14H2,1-2H3,(H,23,29). The van der Waals surface area contributed by atoms with E-state index in [1.54, 1.807) is 13.2 Å². The number of hydrogen-bond acceptors (Lipinski definition) is 6. The van der Waals surface area contributed by atoms with E-state index in [1.807, 2.05) is 24.3 Å². The number of hydrogen-bond donors (Lipinski definition) is 1. The third kappa shape index (κ3) is 4.77. The van der Waals surface area contributed by atoms with E-state index in [1.165, 1.54) is 34.8 Å². The van der Waals surface area contributed by atoms with E-state index >= 15 is 0 Å². The Balaban J connectivity index is 1.41. The Labute approximate surface area is 180 Å². The summed E-state index contributed by atoms with van der Waals surface area (Å²) in [5.74, 6) is 0.524. The van der Waals surface area contributed by atoms with Crippen LogP contribution in [0.4, 0.5) is 0 Å². The van der Waals surface area contributed by atoms with Crippen LogP contribution in [-0.4, -0.2) is 63.0 Å². The van der Waals surface area contributed by atoms with E-state index in [0.29, 0.717) is 23.8 Å². The van der Waals surface area contributed by atoms with E-state index < -0.39 is 0 Å². The Morgan fingerprint density at radius 3 is 2.81 bits per heavy atom. The molecule has 164 valence electrons. The van der Waals surface area contributed by atoms with Crippen molar-refractivity contribution in [2.45, 2.75) is 38.8 Å². The number of nitrogens with one attached hydrogen (secondary N) is 1. The van der Waals surface area contributed by atoms with Gasteiger partial charge in [-0.15, -0.1) is 0 Å². The first-order chi connectivity index (χ1) is 15.0. The number of ether oxygens (including phenoxy) is 1. The number of amides is 1. The molecular weight excluding hydrogens is 396 g/mol. The molecule has 0 radical (unpaired) electrons. The van der Waals surface area contributed by atoms with Gasteiger partial charge in [-0.3, -0.25) is 14.5 Å². The minimum atomic E-state index is -0.352. The fourth-order valence-corrected chi connectivity index (χ4v) is 3.97. The van der Waals surface area contributed by atoms with Gasteiger partial charge < -0.3 is 10.1 Å². The van der Waals surface area contributed by atoms with Crippen LogP contribution in [0.3, 0.4) is 0 Å². The molecule has 1 atom stereocenters. The molecule has 2 aromatic heterocycles. The molecule has 1 N–H and O–H groups in total. The number of fused-ring (bicyclic) bond motifs is 1. The van der Waals surface area contributed by atoms with E-state index in [-0.39, 0.29) is 18.0 Å². The largest absolute Gasteiger partial charge is 0.497 e. The van der Waals surface area contributed by atoms with E-state index in [4.69, 9.17) is 4.74 Å². The van der Waals surface area contributed by atoms with Gasteiger partial charge in [-0.05, 0) is 56.6 Å². The van der Waals surface area contributed by atoms with Gasteiger partial charge in [0.15, 0.2) is 0 Å². The van der Waals surface area contributed by atoms with Crippen molar-refractivity contribution in [3.8, 4) is 17.0 Å². The van der Waals surface area contributed by atoms with Crippen molar-refractivity contribution in [2.75, 3.05) is 26.7 Å². The van der Waals surface area contributed by atoms with Crippen LogP contribution in [0.5, 0.6) is 5.75 Å². The summed E-state index contributed by atoms with van der Waals surface area (Å²) < 4.78 is 7.79. The minimum absolute atomic E-state index is 0.117. The van der Waals surface area contributed by atoms with Crippen molar-refractivity contribution in [2.24, 2.45) is 0 Å². The first-order valence-corrected chi connectivity index (χ1v) is 10.7. The number of carbonyl (C=O) groups excluding carboxylic acids is 1. The molecule has 31 heavy (non-hydrogen) atoms. The molecule has 1 aromatic carbocycles. The second-order valence-corrected chi connectivity index (χ2v) is 7.91. The van der Waals surface area contributed by atoms with Crippen LogP contribution in [-0.2, 0) is 11.3 Å². The molecule has 1 fully saturated rings. The first-order valence-electron chi connectivity index (χ1n) is 10.7. The lowest BCUT2D eigenvalue weighted by atomic mass is 10.0. The van der Waals surface area contributed by atoms with Crippen molar-refractivity contribution >= 4 is 11.4 Å². The van der Waals surface area contributed by atoms with Gasteiger partial charge >= 0.3 is 0 Å². The molecule has 3 heterocycles. The zero-order chi connectivity index (χ0) is 21.8. The Hall–Kier alpha value is -3.20. The summed E-state index contributed by atoms with van der Waals surface area (Å²) in [5.41, 5.74) is 1.53. The average Bonchev–Trinajstić information content (AvgIpc) is 3.22. The number of rotatable bonds is 7. The molecule has 1 amide bonds. The molecule has 1 saturated heterocycles. The summed E-state index contributed by atoms with van der Waals surface area (Å²) >= 11 is 0. The number of piperidine rings is 1. The maximum atomic E-state index is 12.8. The van der Waals surface area contributed by atoms with Gasteiger partial charge in [0.2, 0.25) is 5.91 Å². The molecule has 0 saturated carbocycles. The van der Waals surface area contributed by atoms with Crippen LogP contribution >= 0.6 is 0 Å². The Morgan fingerprint density at radius 2 is 2.06 bits per heavy atom. The molecule has 0 spiro atoms. The molecule has 4 rings (SSSR count). The van der Waals surface area contributed by atoms with Gasteiger partial charge in [0, 0.05) is 24.7 Å². The number of methoxy groups -OCH3 is 1. The quantitative estimate of drug-likeness (QED) is 0.619. The lowest BCUT2D eigenvalue weighted by Crippen LogP contribution is -2.43. The van der Waals surface area contributed by atoms with Crippen molar-refractivity contribution in [1.82, 2.24) is 29.6 Å². The second kappa shape index (κ2) is 9.30. The van der Waals surface area contributed by atoms with E-state index in [2.05, 4.69) is 27.3 Å². The number of likely N-dealkylation sites (tertiary alicyclic amines) is 1. The smallest absolute Gasteiger partial charge is 0.293 e. The fraction of sp³-hybridized carbons (Fsp3) is 0.455. The van der Waals surface area contributed by atoms with Crippen LogP contribution in [0.1, 0.15) is 26.2 Å². The summed E-state index contributed by atoms with van der Waals surface area (Å²) in [6.45, 7) is 4.57. The predicted molar refractivity (Wildman–Crippen MR) is 117 cm³/mol. The summed E-state index contributed by atoms with van der Waals surface area (Å²) in [6.07, 6.45) is 5.14. The van der Waals surface area contributed by atoms with Gasteiger partial charge in [-0.1, -0.05) is 6.42 Å². The Kier molecular flexibility index (Phi) is 6.31. The number of nitrogens with zero attached hydrogens (tertiary/aromatic N) is 5. The van der Waals surface area contributed by atoms with Gasteiger partial charge in [0.1, 0.15) is 24.1 Å². The van der Waals surface area contributed by atoms with Crippen molar-refractivity contribution in [3.05, 3.63) is 47.0 Å². The van der Waals surface area contributed by atoms with Crippen LogP contribution in [0.25, 0.3) is 16.8 Å². The number of aromatic nitrogens is 4. The maximum Gasteiger partial charge on any atom is 0.293 e. The van der Waals surface area contributed by atoms with Crippen LogP contribution in [0, 0.1) is 0 Å². The number of carbonyl (C=O) groups is 1. The third-order valence-corrected chi connectivity index (χ3v) is 5.83. The van der Waals surface area contributed by atoms with Gasteiger partial charge in [0.25, 0.3) is 5.56 Å².